The molecule has 0 saturated carbocycles. The Hall–Kier alpha value is -4.44. The Kier molecular flexibility index (Phi) is 7.21. The van der Waals surface area contributed by atoms with Gasteiger partial charge in [-0.25, -0.2) is 9.37 Å². The van der Waals surface area contributed by atoms with Gasteiger partial charge in [-0.2, -0.15) is 0 Å². The molecule has 4 aromatic rings. The van der Waals surface area contributed by atoms with Gasteiger partial charge in [0.2, 0.25) is 0 Å². The van der Waals surface area contributed by atoms with E-state index in [-0.39, 0.29) is 12.0 Å². The molecule has 5 rings (SSSR count). The molecule has 9 nitrogen and oxygen atoms in total. The highest BCUT2D eigenvalue weighted by atomic mass is 19.1. The molecule has 2 aromatic heterocycles. The van der Waals surface area contributed by atoms with Crippen molar-refractivity contribution in [1.82, 2.24) is 14.5 Å². The fourth-order valence-corrected chi connectivity index (χ4v) is 4.75. The van der Waals surface area contributed by atoms with Gasteiger partial charge in [-0.15, -0.1) is 0 Å². The number of rotatable bonds is 9. The lowest BCUT2D eigenvalue weighted by Gasteiger charge is -2.27. The molecular weight excluding hydrogens is 503 g/mol. The fourth-order valence-electron chi connectivity index (χ4n) is 4.75. The first-order valence-corrected chi connectivity index (χ1v) is 12.6. The number of carboxylic acids is 1. The van der Waals surface area contributed by atoms with Crippen molar-refractivity contribution in [3.8, 4) is 5.69 Å². The largest absolute Gasteiger partial charge is 0.481 e. The summed E-state index contributed by atoms with van der Waals surface area (Å²) in [6.45, 7) is 1.78. The third kappa shape index (κ3) is 5.42. The Balaban J connectivity index is 1.48. The van der Waals surface area contributed by atoms with Crippen LogP contribution in [0, 0.1) is 5.82 Å². The zero-order chi connectivity index (χ0) is 27.6. The predicted molar refractivity (Wildman–Crippen MR) is 142 cm³/mol. The molecule has 1 aliphatic rings. The molecule has 2 N–H and O–H groups in total. The van der Waals surface area contributed by atoms with Crippen LogP contribution in [-0.4, -0.2) is 42.0 Å². The quantitative estimate of drug-likeness (QED) is 0.308. The van der Waals surface area contributed by atoms with Crippen molar-refractivity contribution >= 4 is 22.6 Å². The van der Waals surface area contributed by atoms with Crippen LogP contribution in [0.5, 0.6) is 0 Å². The van der Waals surface area contributed by atoms with Crippen LogP contribution < -0.4 is 5.56 Å². The molecular formula is C29H27FN4O5. The van der Waals surface area contributed by atoms with Gasteiger partial charge in [0, 0.05) is 37.2 Å². The average Bonchev–Trinajstić information content (AvgIpc) is 3.35. The van der Waals surface area contributed by atoms with Gasteiger partial charge < -0.3 is 15.1 Å². The number of carboxylic acid groups (broad SMARTS) is 1. The van der Waals surface area contributed by atoms with Gasteiger partial charge in [0.25, 0.3) is 5.56 Å². The highest BCUT2D eigenvalue weighted by Gasteiger charge is 2.42. The van der Waals surface area contributed by atoms with Crippen LogP contribution in [0.25, 0.3) is 16.6 Å². The van der Waals surface area contributed by atoms with Crippen molar-refractivity contribution in [2.45, 2.75) is 50.7 Å². The number of benzene rings is 2. The number of nitrogens with zero attached hydrogens (tertiary/aromatic N) is 4. The molecule has 0 aliphatic carbocycles. The number of unbranched alkanes of at least 4 members (excludes halogenated alkanes) is 1. The van der Waals surface area contributed by atoms with Crippen molar-refractivity contribution in [2.75, 3.05) is 0 Å². The van der Waals surface area contributed by atoms with E-state index in [2.05, 4.69) is 10.1 Å². The third-order valence-corrected chi connectivity index (χ3v) is 6.88. The molecule has 2 atom stereocenters. The van der Waals surface area contributed by atoms with E-state index in [4.69, 9.17) is 14.9 Å². The zero-order valence-electron chi connectivity index (χ0n) is 21.2. The van der Waals surface area contributed by atoms with Crippen molar-refractivity contribution in [3.05, 3.63) is 100 Å². The summed E-state index contributed by atoms with van der Waals surface area (Å²) in [7, 11) is 0. The molecule has 200 valence electrons. The summed E-state index contributed by atoms with van der Waals surface area (Å²) in [5.41, 5.74) is 1.61. The van der Waals surface area contributed by atoms with E-state index in [1.165, 1.54) is 28.8 Å². The maximum atomic E-state index is 13.6. The number of aliphatic carboxylic acids is 1. The van der Waals surface area contributed by atoms with Crippen molar-refractivity contribution in [3.63, 3.8) is 0 Å². The minimum absolute atomic E-state index is 0.0163. The summed E-state index contributed by atoms with van der Waals surface area (Å²) in [4.78, 5) is 39.0. The number of hydrogen-bond acceptors (Lipinski definition) is 7. The van der Waals surface area contributed by atoms with E-state index in [9.17, 15) is 19.1 Å². The standard InChI is InChI=1S/C29H27FN4O5/c1-29(27(37)18-12-14-31-15-13-18)17-24(33-39-29)19-6-11-22-23(16-19)32-25(4-2-3-5-26(35)36)34(28(22)38)21-9-7-20(30)8-10-21/h6-16,27,37H,2-5,17H2,1H3,(H,35,36)/t27-,29?/m0/s1. The molecule has 1 aliphatic heterocycles. The summed E-state index contributed by atoms with van der Waals surface area (Å²) < 4.78 is 15.0. The number of hydrogen-bond donors (Lipinski definition) is 2. The van der Waals surface area contributed by atoms with Crippen LogP contribution in [0.1, 0.15) is 55.7 Å². The van der Waals surface area contributed by atoms with Crippen LogP contribution in [0.15, 0.2) is 76.9 Å². The summed E-state index contributed by atoms with van der Waals surface area (Å²) in [6, 6.07) is 14.2. The van der Waals surface area contributed by atoms with E-state index >= 15 is 0 Å². The molecule has 0 bridgehead atoms. The minimum Gasteiger partial charge on any atom is -0.481 e. The second-order valence-corrected chi connectivity index (χ2v) is 9.78. The summed E-state index contributed by atoms with van der Waals surface area (Å²) in [6.07, 6.45) is 3.92. The Labute approximate surface area is 223 Å². The molecule has 1 unspecified atom stereocenters. The minimum atomic E-state index is -0.986. The normalized spacial score (nSPS) is 17.6. The van der Waals surface area contributed by atoms with Crippen LogP contribution in [0.4, 0.5) is 4.39 Å². The topological polar surface area (TPSA) is 127 Å². The first kappa shape index (κ1) is 26.2. The number of aromatic nitrogens is 3. The highest BCUT2D eigenvalue weighted by molar-refractivity contribution is 6.04. The molecule has 0 amide bonds. The second-order valence-electron chi connectivity index (χ2n) is 9.78. The van der Waals surface area contributed by atoms with E-state index in [1.54, 1.807) is 49.6 Å². The van der Waals surface area contributed by atoms with Crippen LogP contribution in [0.2, 0.25) is 0 Å². The van der Waals surface area contributed by atoms with E-state index in [1.807, 2.05) is 0 Å². The van der Waals surface area contributed by atoms with Crippen molar-refractivity contribution in [2.24, 2.45) is 5.16 Å². The van der Waals surface area contributed by atoms with Gasteiger partial charge in [-0.05, 0) is 73.9 Å². The lowest BCUT2D eigenvalue weighted by atomic mass is 9.87. The van der Waals surface area contributed by atoms with E-state index in [0.717, 1.165) is 0 Å². The zero-order valence-corrected chi connectivity index (χ0v) is 21.2. The molecule has 0 spiro atoms. The third-order valence-electron chi connectivity index (χ3n) is 6.88. The van der Waals surface area contributed by atoms with Crippen LogP contribution in [-0.2, 0) is 16.1 Å². The summed E-state index contributed by atoms with van der Waals surface area (Å²) >= 11 is 0. The van der Waals surface area contributed by atoms with Gasteiger partial charge in [0.1, 0.15) is 17.7 Å². The van der Waals surface area contributed by atoms with Gasteiger partial charge in [-0.1, -0.05) is 11.2 Å². The predicted octanol–water partition coefficient (Wildman–Crippen LogP) is 4.33. The number of halogens is 1. The van der Waals surface area contributed by atoms with Gasteiger partial charge in [-0.3, -0.25) is 19.1 Å². The van der Waals surface area contributed by atoms with Crippen LogP contribution >= 0.6 is 0 Å². The number of aliphatic hydroxyl groups excluding tert-OH is 1. The van der Waals surface area contributed by atoms with Crippen LogP contribution in [0.3, 0.4) is 0 Å². The molecule has 39 heavy (non-hydrogen) atoms. The molecule has 0 fully saturated rings. The lowest BCUT2D eigenvalue weighted by Crippen LogP contribution is -2.33. The Morgan fingerprint density at radius 1 is 1.13 bits per heavy atom. The van der Waals surface area contributed by atoms with Gasteiger partial charge in [0.05, 0.1) is 22.3 Å². The maximum Gasteiger partial charge on any atom is 0.303 e. The Morgan fingerprint density at radius 2 is 1.87 bits per heavy atom. The summed E-state index contributed by atoms with van der Waals surface area (Å²) in [5.74, 6) is -0.861. The number of fused-ring (bicyclic) bond motifs is 1. The number of aliphatic hydroxyl groups is 1. The van der Waals surface area contributed by atoms with E-state index in [0.29, 0.717) is 64.9 Å². The lowest BCUT2D eigenvalue weighted by molar-refractivity contribution is -0.137. The number of oxime groups is 1. The van der Waals surface area contributed by atoms with Gasteiger partial charge >= 0.3 is 5.97 Å². The molecule has 10 heteroatoms. The van der Waals surface area contributed by atoms with E-state index < -0.39 is 23.5 Å². The average molecular weight is 531 g/mol. The Bertz CT molecular complexity index is 1600. The number of aryl methyl sites for hydroxylation is 1. The fraction of sp³-hybridized carbons (Fsp3) is 0.276. The summed E-state index contributed by atoms with van der Waals surface area (Å²) in [5, 5.41) is 24.5. The first-order chi connectivity index (χ1) is 18.7. The molecule has 0 saturated heterocycles. The van der Waals surface area contributed by atoms with Gasteiger partial charge in [0.15, 0.2) is 5.60 Å². The first-order valence-electron chi connectivity index (χ1n) is 12.6. The smallest absolute Gasteiger partial charge is 0.303 e. The SMILES string of the molecule is CC1([C@@H](O)c2ccncc2)CC(c2ccc3c(=O)n(-c4ccc(F)cc4)c(CCCCC(=O)O)nc3c2)=NO1. The highest BCUT2D eigenvalue weighted by Crippen LogP contribution is 2.37. The number of pyridine rings is 1. The second kappa shape index (κ2) is 10.7. The Morgan fingerprint density at radius 3 is 2.59 bits per heavy atom. The van der Waals surface area contributed by atoms with Crippen molar-refractivity contribution < 1.29 is 24.2 Å². The monoisotopic (exact) mass is 530 g/mol. The molecule has 2 aromatic carbocycles. The molecule has 0 radical (unpaired) electrons. The maximum absolute atomic E-state index is 13.6. The van der Waals surface area contributed by atoms with Crippen molar-refractivity contribution in [1.29, 1.82) is 0 Å². The number of carbonyl (C=O) groups is 1. The molecule has 3 heterocycles.